The zero-order chi connectivity index (χ0) is 12.4. The Morgan fingerprint density at radius 3 is 2.65 bits per heavy atom. The van der Waals surface area contributed by atoms with E-state index in [9.17, 15) is 0 Å². The van der Waals surface area contributed by atoms with Crippen LogP contribution >= 0.6 is 0 Å². The molecule has 0 bridgehead atoms. The van der Waals surface area contributed by atoms with Crippen LogP contribution in [0.5, 0.6) is 0 Å². The molecule has 0 unspecified atom stereocenters. The van der Waals surface area contributed by atoms with E-state index in [4.69, 9.17) is 5.73 Å². The average molecular weight is 229 g/mol. The van der Waals surface area contributed by atoms with Crippen molar-refractivity contribution in [2.75, 3.05) is 0 Å². The molecule has 0 saturated carbocycles. The molecule has 0 aliphatic heterocycles. The van der Waals surface area contributed by atoms with Crippen molar-refractivity contribution in [1.29, 1.82) is 0 Å². The molecule has 2 rings (SSSR count). The molecule has 0 spiro atoms. The van der Waals surface area contributed by atoms with Gasteiger partial charge < -0.3 is 5.73 Å². The first kappa shape index (κ1) is 11.9. The Kier molecular flexibility index (Phi) is 3.29. The quantitative estimate of drug-likeness (QED) is 0.879. The molecule has 3 heteroatoms. The van der Waals surface area contributed by atoms with Crippen LogP contribution in [-0.2, 0) is 6.54 Å². The van der Waals surface area contributed by atoms with Gasteiger partial charge in [-0.1, -0.05) is 18.2 Å². The van der Waals surface area contributed by atoms with Crippen molar-refractivity contribution >= 4 is 0 Å². The van der Waals surface area contributed by atoms with Gasteiger partial charge in [0.25, 0.3) is 0 Å². The summed E-state index contributed by atoms with van der Waals surface area (Å²) < 4.78 is 2.05. The second kappa shape index (κ2) is 4.72. The Hall–Kier alpha value is -1.61. The van der Waals surface area contributed by atoms with E-state index in [-0.39, 0.29) is 0 Å². The van der Waals surface area contributed by atoms with Crippen molar-refractivity contribution in [2.24, 2.45) is 5.73 Å². The Labute approximate surface area is 102 Å². The van der Waals surface area contributed by atoms with E-state index in [1.807, 2.05) is 10.9 Å². The van der Waals surface area contributed by atoms with E-state index in [2.05, 4.69) is 50.1 Å². The molecule has 2 N–H and O–H groups in total. The SMILES string of the molecule is Cc1cc(CN)ccc1-c1ccnn1C(C)C. The monoisotopic (exact) mass is 229 g/mol. The first-order valence-electron chi connectivity index (χ1n) is 5.97. The molecule has 0 amide bonds. The molecule has 1 heterocycles. The number of hydrogen-bond acceptors (Lipinski definition) is 2. The van der Waals surface area contributed by atoms with Crippen LogP contribution in [0.25, 0.3) is 11.3 Å². The summed E-state index contributed by atoms with van der Waals surface area (Å²) in [6.07, 6.45) is 1.85. The minimum Gasteiger partial charge on any atom is -0.326 e. The number of nitrogens with zero attached hydrogens (tertiary/aromatic N) is 2. The van der Waals surface area contributed by atoms with Crippen LogP contribution in [0.15, 0.2) is 30.5 Å². The molecule has 0 radical (unpaired) electrons. The molecule has 0 atom stereocenters. The number of nitrogens with two attached hydrogens (primary N) is 1. The molecule has 2 aromatic rings. The lowest BCUT2D eigenvalue weighted by Gasteiger charge is -2.13. The summed E-state index contributed by atoms with van der Waals surface area (Å²) in [7, 11) is 0. The number of aryl methyl sites for hydroxylation is 1. The van der Waals surface area contributed by atoms with Crippen LogP contribution < -0.4 is 5.73 Å². The second-order valence-corrected chi connectivity index (χ2v) is 4.61. The first-order chi connectivity index (χ1) is 8.13. The number of aromatic nitrogens is 2. The Morgan fingerprint density at radius 1 is 1.29 bits per heavy atom. The summed E-state index contributed by atoms with van der Waals surface area (Å²) in [6, 6.07) is 8.79. The van der Waals surface area contributed by atoms with Gasteiger partial charge in [-0.25, -0.2) is 0 Å². The van der Waals surface area contributed by atoms with Crippen LogP contribution in [0, 0.1) is 6.92 Å². The van der Waals surface area contributed by atoms with E-state index < -0.39 is 0 Å². The molecule has 1 aromatic carbocycles. The van der Waals surface area contributed by atoms with E-state index >= 15 is 0 Å². The topological polar surface area (TPSA) is 43.8 Å². The van der Waals surface area contributed by atoms with Crippen molar-refractivity contribution < 1.29 is 0 Å². The standard InChI is InChI=1S/C14H19N3/c1-10(2)17-14(6-7-16-17)13-5-4-12(9-15)8-11(13)3/h4-8,10H,9,15H2,1-3H3. The van der Waals surface area contributed by atoms with Gasteiger partial charge in [-0.2, -0.15) is 5.10 Å². The zero-order valence-electron chi connectivity index (χ0n) is 10.6. The molecular formula is C14H19N3. The van der Waals surface area contributed by atoms with Crippen molar-refractivity contribution in [3.05, 3.63) is 41.6 Å². The summed E-state index contributed by atoms with van der Waals surface area (Å²) in [4.78, 5) is 0. The maximum Gasteiger partial charge on any atom is 0.0687 e. The van der Waals surface area contributed by atoms with Gasteiger partial charge in [-0.3, -0.25) is 4.68 Å². The molecule has 1 aromatic heterocycles. The second-order valence-electron chi connectivity index (χ2n) is 4.61. The molecule has 17 heavy (non-hydrogen) atoms. The summed E-state index contributed by atoms with van der Waals surface area (Å²) in [5.41, 5.74) is 10.5. The summed E-state index contributed by atoms with van der Waals surface area (Å²) in [5.74, 6) is 0. The smallest absolute Gasteiger partial charge is 0.0687 e. The van der Waals surface area contributed by atoms with Crippen LogP contribution in [-0.4, -0.2) is 9.78 Å². The van der Waals surface area contributed by atoms with E-state index in [0.29, 0.717) is 12.6 Å². The van der Waals surface area contributed by atoms with Gasteiger partial charge in [0.1, 0.15) is 0 Å². The minimum absolute atomic E-state index is 0.369. The lowest BCUT2D eigenvalue weighted by Crippen LogP contribution is -2.05. The largest absolute Gasteiger partial charge is 0.326 e. The lowest BCUT2D eigenvalue weighted by atomic mass is 10.0. The molecule has 0 aliphatic rings. The van der Waals surface area contributed by atoms with Gasteiger partial charge in [-0.15, -0.1) is 0 Å². The third-order valence-electron chi connectivity index (χ3n) is 2.96. The predicted octanol–water partition coefficient (Wildman–Crippen LogP) is 2.90. The summed E-state index contributed by atoms with van der Waals surface area (Å²) in [5, 5.41) is 4.37. The molecule has 0 aliphatic carbocycles. The number of benzene rings is 1. The lowest BCUT2D eigenvalue weighted by molar-refractivity contribution is 0.538. The highest BCUT2D eigenvalue weighted by atomic mass is 15.3. The van der Waals surface area contributed by atoms with Gasteiger partial charge >= 0.3 is 0 Å². The highest BCUT2D eigenvalue weighted by Crippen LogP contribution is 2.26. The van der Waals surface area contributed by atoms with Crippen molar-refractivity contribution in [3.63, 3.8) is 0 Å². The number of hydrogen-bond donors (Lipinski definition) is 1. The Morgan fingerprint density at radius 2 is 2.06 bits per heavy atom. The van der Waals surface area contributed by atoms with Crippen molar-refractivity contribution in [2.45, 2.75) is 33.4 Å². The first-order valence-corrected chi connectivity index (χ1v) is 5.97. The van der Waals surface area contributed by atoms with Crippen LogP contribution in [0.1, 0.15) is 31.0 Å². The Bertz CT molecular complexity index is 512. The van der Waals surface area contributed by atoms with Gasteiger partial charge in [0.2, 0.25) is 0 Å². The van der Waals surface area contributed by atoms with Crippen LogP contribution in [0.3, 0.4) is 0 Å². The van der Waals surface area contributed by atoms with Gasteiger partial charge in [-0.05, 0) is 38.0 Å². The van der Waals surface area contributed by atoms with Crippen molar-refractivity contribution in [1.82, 2.24) is 9.78 Å². The minimum atomic E-state index is 0.369. The predicted molar refractivity (Wildman–Crippen MR) is 70.7 cm³/mol. The van der Waals surface area contributed by atoms with E-state index in [1.165, 1.54) is 22.4 Å². The highest BCUT2D eigenvalue weighted by Gasteiger charge is 2.10. The molecule has 0 saturated heterocycles. The molecular weight excluding hydrogens is 210 g/mol. The maximum absolute atomic E-state index is 5.65. The van der Waals surface area contributed by atoms with Gasteiger partial charge in [0.05, 0.1) is 5.69 Å². The van der Waals surface area contributed by atoms with Crippen LogP contribution in [0.2, 0.25) is 0 Å². The number of rotatable bonds is 3. The fourth-order valence-corrected chi connectivity index (χ4v) is 2.08. The fraction of sp³-hybridized carbons (Fsp3) is 0.357. The summed E-state index contributed by atoms with van der Waals surface area (Å²) >= 11 is 0. The molecule has 90 valence electrons. The van der Waals surface area contributed by atoms with E-state index in [1.54, 1.807) is 0 Å². The molecule has 3 nitrogen and oxygen atoms in total. The molecule has 0 fully saturated rings. The Balaban J connectivity index is 2.49. The average Bonchev–Trinajstić information content (AvgIpc) is 2.77. The highest BCUT2D eigenvalue weighted by molar-refractivity contribution is 5.64. The van der Waals surface area contributed by atoms with Crippen molar-refractivity contribution in [3.8, 4) is 11.3 Å². The maximum atomic E-state index is 5.65. The normalized spacial score (nSPS) is 11.1. The van der Waals surface area contributed by atoms with Gasteiger partial charge in [0.15, 0.2) is 0 Å². The third kappa shape index (κ3) is 2.24. The summed E-state index contributed by atoms with van der Waals surface area (Å²) in [6.45, 7) is 6.98. The zero-order valence-corrected chi connectivity index (χ0v) is 10.6. The van der Waals surface area contributed by atoms with E-state index in [0.717, 1.165) is 0 Å². The van der Waals surface area contributed by atoms with Crippen LogP contribution in [0.4, 0.5) is 0 Å². The van der Waals surface area contributed by atoms with Gasteiger partial charge in [0, 0.05) is 24.3 Å². The third-order valence-corrected chi connectivity index (χ3v) is 2.96. The fourth-order valence-electron chi connectivity index (χ4n) is 2.08.